The molecule has 3 nitrogen and oxygen atoms in total. The number of amides is 1. The van der Waals surface area contributed by atoms with Crippen molar-refractivity contribution in [1.29, 1.82) is 0 Å². The molecule has 0 radical (unpaired) electrons. The summed E-state index contributed by atoms with van der Waals surface area (Å²) >= 11 is 1.60. The minimum atomic E-state index is -0.427. The predicted molar refractivity (Wildman–Crippen MR) is 80.4 cm³/mol. The molecule has 2 N–H and O–H groups in total. The average molecular weight is 283 g/mol. The first kappa shape index (κ1) is 16.2. The number of nitrogens with one attached hydrogen (secondary N) is 1. The van der Waals surface area contributed by atoms with Crippen LogP contribution in [0.3, 0.4) is 0 Å². The molecule has 0 aliphatic rings. The third-order valence-corrected chi connectivity index (χ3v) is 4.29. The first-order chi connectivity index (χ1) is 8.75. The van der Waals surface area contributed by atoms with E-state index in [0.717, 1.165) is 5.56 Å². The molecule has 1 aromatic rings. The van der Waals surface area contributed by atoms with Gasteiger partial charge in [-0.3, -0.25) is 4.79 Å². The second-order valence-corrected chi connectivity index (χ2v) is 6.95. The molecule has 0 bridgehead atoms. The van der Waals surface area contributed by atoms with Crippen molar-refractivity contribution >= 4 is 17.2 Å². The van der Waals surface area contributed by atoms with Crippen molar-refractivity contribution in [3.05, 3.63) is 22.4 Å². The summed E-state index contributed by atoms with van der Waals surface area (Å²) < 4.78 is 0. The molecule has 0 saturated carbocycles. The van der Waals surface area contributed by atoms with Gasteiger partial charge in [0.2, 0.25) is 5.91 Å². The van der Waals surface area contributed by atoms with Crippen LogP contribution in [0.15, 0.2) is 16.8 Å². The highest BCUT2D eigenvalue weighted by molar-refractivity contribution is 7.08. The number of carbonyl (C=O) groups is 1. The summed E-state index contributed by atoms with van der Waals surface area (Å²) in [5.41, 5.74) is 0.725. The van der Waals surface area contributed by atoms with Gasteiger partial charge in [0.15, 0.2) is 0 Å². The second kappa shape index (κ2) is 6.53. The van der Waals surface area contributed by atoms with Crippen LogP contribution in [0.4, 0.5) is 0 Å². The van der Waals surface area contributed by atoms with Crippen LogP contribution < -0.4 is 5.32 Å². The van der Waals surface area contributed by atoms with E-state index in [1.807, 2.05) is 51.4 Å². The number of aliphatic hydroxyl groups is 1. The maximum atomic E-state index is 12.1. The Bertz CT molecular complexity index is 398. The lowest BCUT2D eigenvalue weighted by molar-refractivity contribution is -0.123. The molecular weight excluding hydrogens is 258 g/mol. The van der Waals surface area contributed by atoms with E-state index in [0.29, 0.717) is 6.54 Å². The van der Waals surface area contributed by atoms with Gasteiger partial charge in [-0.05, 0) is 35.2 Å². The molecule has 0 spiro atoms. The van der Waals surface area contributed by atoms with Crippen LogP contribution in [-0.4, -0.2) is 23.7 Å². The van der Waals surface area contributed by atoms with Gasteiger partial charge >= 0.3 is 0 Å². The predicted octanol–water partition coefficient (Wildman–Crippen LogP) is 3.01. The van der Waals surface area contributed by atoms with Crippen molar-refractivity contribution < 1.29 is 9.90 Å². The van der Waals surface area contributed by atoms with Crippen LogP contribution in [-0.2, 0) is 4.79 Å². The standard InChI is InChI=1S/C15H25NO2S/c1-10(2)13(17)15(4,5)9-16-14(18)11(3)12-6-7-19-8-12/h6-8,10-11,13,17H,9H2,1-5H3,(H,16,18). The molecule has 0 fully saturated rings. The van der Waals surface area contributed by atoms with Crippen LogP contribution >= 0.6 is 11.3 Å². The van der Waals surface area contributed by atoms with Crippen molar-refractivity contribution in [1.82, 2.24) is 5.32 Å². The highest BCUT2D eigenvalue weighted by Gasteiger charge is 2.31. The fourth-order valence-electron chi connectivity index (χ4n) is 2.15. The molecule has 0 aliphatic heterocycles. The lowest BCUT2D eigenvalue weighted by Gasteiger charge is -2.33. The minimum Gasteiger partial charge on any atom is -0.392 e. The van der Waals surface area contributed by atoms with E-state index in [4.69, 9.17) is 0 Å². The zero-order valence-corrected chi connectivity index (χ0v) is 13.3. The second-order valence-electron chi connectivity index (χ2n) is 6.17. The topological polar surface area (TPSA) is 49.3 Å². The maximum Gasteiger partial charge on any atom is 0.227 e. The number of carbonyl (C=O) groups excluding carboxylic acids is 1. The first-order valence-corrected chi connectivity index (χ1v) is 7.68. The lowest BCUT2D eigenvalue weighted by atomic mass is 9.80. The van der Waals surface area contributed by atoms with Crippen molar-refractivity contribution in [3.8, 4) is 0 Å². The molecule has 0 aromatic carbocycles. The summed E-state index contributed by atoms with van der Waals surface area (Å²) in [7, 11) is 0. The number of hydrogen-bond acceptors (Lipinski definition) is 3. The third-order valence-electron chi connectivity index (χ3n) is 3.59. The smallest absolute Gasteiger partial charge is 0.227 e. The van der Waals surface area contributed by atoms with Gasteiger partial charge in [0.1, 0.15) is 0 Å². The zero-order valence-electron chi connectivity index (χ0n) is 12.4. The Morgan fingerprint density at radius 3 is 2.53 bits per heavy atom. The van der Waals surface area contributed by atoms with Gasteiger partial charge in [-0.1, -0.05) is 27.7 Å². The summed E-state index contributed by atoms with van der Waals surface area (Å²) in [6.07, 6.45) is -0.427. The van der Waals surface area contributed by atoms with E-state index >= 15 is 0 Å². The molecule has 4 heteroatoms. The van der Waals surface area contributed by atoms with Crippen LogP contribution in [0, 0.1) is 11.3 Å². The lowest BCUT2D eigenvalue weighted by Crippen LogP contribution is -2.44. The molecule has 108 valence electrons. The van der Waals surface area contributed by atoms with Gasteiger partial charge in [-0.25, -0.2) is 0 Å². The van der Waals surface area contributed by atoms with Crippen molar-refractivity contribution in [2.45, 2.75) is 46.6 Å². The Morgan fingerprint density at radius 1 is 1.42 bits per heavy atom. The highest BCUT2D eigenvalue weighted by Crippen LogP contribution is 2.25. The summed E-state index contributed by atoms with van der Waals surface area (Å²) in [6.45, 7) is 10.3. The van der Waals surface area contributed by atoms with E-state index in [9.17, 15) is 9.90 Å². The quantitative estimate of drug-likeness (QED) is 0.843. The third kappa shape index (κ3) is 4.32. The maximum absolute atomic E-state index is 12.1. The van der Waals surface area contributed by atoms with E-state index in [-0.39, 0.29) is 23.2 Å². The largest absolute Gasteiger partial charge is 0.392 e. The van der Waals surface area contributed by atoms with E-state index in [2.05, 4.69) is 5.32 Å². The van der Waals surface area contributed by atoms with Gasteiger partial charge in [-0.2, -0.15) is 11.3 Å². The monoisotopic (exact) mass is 283 g/mol. The van der Waals surface area contributed by atoms with Gasteiger partial charge in [-0.15, -0.1) is 0 Å². The van der Waals surface area contributed by atoms with Crippen LogP contribution in [0.2, 0.25) is 0 Å². The Morgan fingerprint density at radius 2 is 2.05 bits per heavy atom. The molecule has 1 aromatic heterocycles. The number of aliphatic hydroxyl groups excluding tert-OH is 1. The number of hydrogen-bond donors (Lipinski definition) is 2. The van der Waals surface area contributed by atoms with Crippen molar-refractivity contribution in [2.24, 2.45) is 11.3 Å². The van der Waals surface area contributed by atoms with Crippen LogP contribution in [0.1, 0.15) is 46.1 Å². The summed E-state index contributed by atoms with van der Waals surface area (Å²) in [6, 6.07) is 1.98. The zero-order chi connectivity index (χ0) is 14.6. The molecule has 1 amide bonds. The van der Waals surface area contributed by atoms with E-state index < -0.39 is 6.10 Å². The SMILES string of the molecule is CC(C(=O)NCC(C)(C)C(O)C(C)C)c1ccsc1. The summed E-state index contributed by atoms with van der Waals surface area (Å²) in [4.78, 5) is 12.1. The average Bonchev–Trinajstić information content (AvgIpc) is 2.87. The fraction of sp³-hybridized carbons (Fsp3) is 0.667. The van der Waals surface area contributed by atoms with Crippen LogP contribution in [0.25, 0.3) is 0 Å². The normalized spacial score (nSPS) is 15.3. The molecule has 2 unspecified atom stereocenters. The molecular formula is C15H25NO2S. The number of thiophene rings is 1. The summed E-state index contributed by atoms with van der Waals surface area (Å²) in [5.74, 6) is 0.0573. The van der Waals surface area contributed by atoms with Gasteiger partial charge < -0.3 is 10.4 Å². The molecule has 0 saturated heterocycles. The molecule has 2 atom stereocenters. The fourth-order valence-corrected chi connectivity index (χ4v) is 2.90. The Hall–Kier alpha value is -0.870. The molecule has 1 rings (SSSR count). The Kier molecular flexibility index (Phi) is 5.56. The highest BCUT2D eigenvalue weighted by atomic mass is 32.1. The minimum absolute atomic E-state index is 0.0161. The summed E-state index contributed by atoms with van der Waals surface area (Å²) in [5, 5.41) is 17.1. The molecule has 1 heterocycles. The molecule has 0 aliphatic carbocycles. The van der Waals surface area contributed by atoms with Gasteiger partial charge in [0, 0.05) is 12.0 Å². The van der Waals surface area contributed by atoms with E-state index in [1.165, 1.54) is 0 Å². The Balaban J connectivity index is 2.54. The first-order valence-electron chi connectivity index (χ1n) is 6.73. The van der Waals surface area contributed by atoms with Gasteiger partial charge in [0.05, 0.1) is 12.0 Å². The van der Waals surface area contributed by atoms with Crippen LogP contribution in [0.5, 0.6) is 0 Å². The van der Waals surface area contributed by atoms with E-state index in [1.54, 1.807) is 11.3 Å². The van der Waals surface area contributed by atoms with Gasteiger partial charge in [0.25, 0.3) is 0 Å². The van der Waals surface area contributed by atoms with Crippen molar-refractivity contribution in [2.75, 3.05) is 6.54 Å². The Labute approximate surface area is 120 Å². The molecule has 19 heavy (non-hydrogen) atoms. The van der Waals surface area contributed by atoms with Crippen molar-refractivity contribution in [3.63, 3.8) is 0 Å². The number of rotatable bonds is 6.